The molecule has 0 amide bonds. The maximum atomic E-state index is 10.9. The van der Waals surface area contributed by atoms with Gasteiger partial charge in [0.1, 0.15) is 0 Å². The number of aliphatic hydroxyl groups excluding tert-OH is 1. The minimum atomic E-state index is -2.69. The third-order valence-electron chi connectivity index (χ3n) is 8.91. The molecule has 0 fully saturated rings. The van der Waals surface area contributed by atoms with Gasteiger partial charge in [-0.25, -0.2) is 0 Å². The fraction of sp³-hybridized carbons (Fsp3) is 0.500. The number of aliphatic hydroxyl groups is 1. The van der Waals surface area contributed by atoms with Gasteiger partial charge in [0.05, 0.1) is 6.10 Å². The minimum Gasteiger partial charge on any atom is -0.404 e. The van der Waals surface area contributed by atoms with Crippen LogP contribution in [-0.4, -0.2) is 25.6 Å². The Morgan fingerprint density at radius 1 is 0.923 bits per heavy atom. The summed E-state index contributed by atoms with van der Waals surface area (Å²) in [6, 6.07) is 21.9. The van der Waals surface area contributed by atoms with Gasteiger partial charge in [0, 0.05) is 6.10 Å². The molecule has 3 rings (SSSR count). The van der Waals surface area contributed by atoms with E-state index in [1.807, 2.05) is 12.2 Å². The zero-order valence-corrected chi connectivity index (χ0v) is 26.3. The molecule has 39 heavy (non-hydrogen) atoms. The Hall–Kier alpha value is -2.20. The summed E-state index contributed by atoms with van der Waals surface area (Å²) in [5.41, 5.74) is 1.45. The zero-order chi connectivity index (χ0) is 28.6. The highest BCUT2D eigenvalue weighted by Crippen LogP contribution is 2.45. The first-order valence-corrected chi connectivity index (χ1v) is 16.8. The summed E-state index contributed by atoms with van der Waals surface area (Å²) < 4.78 is 7.62. The fourth-order valence-corrected chi connectivity index (χ4v) is 11.7. The standard InChI is InChI=1S/C36H52O2Si/c1-9-17-29(37)25-35-33(27(3)4)24-23-28(5)34(35)26-30(18-10-2)38-39(36(6,7)8,31-19-13-11-14-20-31)32-21-15-12-16-22-32/h9-16,19-23,27,29-30,33-35,37H,1-2,17-18,24-26H2,3-8H3/t29-,30+,33+,34-,35-/m1/s1. The third kappa shape index (κ3) is 7.31. The molecule has 2 nitrogen and oxygen atoms in total. The van der Waals surface area contributed by atoms with Crippen molar-refractivity contribution in [1.82, 2.24) is 0 Å². The molecule has 0 radical (unpaired) electrons. The lowest BCUT2D eigenvalue weighted by atomic mass is 9.64. The SMILES string of the molecule is C=CC[C@@H](O)C[C@H]1[C@H](C[C@H](CC=C)O[Si](c2ccccc2)(c2ccccc2)C(C)(C)C)C(C)=CC[C@H]1C(C)C. The van der Waals surface area contributed by atoms with Crippen molar-refractivity contribution < 1.29 is 9.53 Å². The highest BCUT2D eigenvalue weighted by molar-refractivity contribution is 6.99. The first-order valence-electron chi connectivity index (χ1n) is 14.9. The number of hydrogen-bond donors (Lipinski definition) is 1. The quantitative estimate of drug-likeness (QED) is 0.204. The highest BCUT2D eigenvalue weighted by atomic mass is 28.4. The molecule has 212 valence electrons. The van der Waals surface area contributed by atoms with Crippen LogP contribution in [0.5, 0.6) is 0 Å². The average molecular weight is 545 g/mol. The van der Waals surface area contributed by atoms with E-state index in [0.29, 0.717) is 30.1 Å². The molecule has 1 aliphatic rings. The average Bonchev–Trinajstić information content (AvgIpc) is 2.89. The zero-order valence-electron chi connectivity index (χ0n) is 25.3. The minimum absolute atomic E-state index is 0.0344. The van der Waals surface area contributed by atoms with E-state index in [1.165, 1.54) is 15.9 Å². The Kier molecular flexibility index (Phi) is 11.2. The number of rotatable bonds is 13. The van der Waals surface area contributed by atoms with E-state index in [0.717, 1.165) is 25.7 Å². The predicted molar refractivity (Wildman–Crippen MR) is 171 cm³/mol. The van der Waals surface area contributed by atoms with Crippen LogP contribution in [0.15, 0.2) is 97.6 Å². The molecule has 0 aromatic heterocycles. The maximum Gasteiger partial charge on any atom is 0.261 e. The molecule has 0 bridgehead atoms. The van der Waals surface area contributed by atoms with Gasteiger partial charge >= 0.3 is 0 Å². The Morgan fingerprint density at radius 3 is 1.92 bits per heavy atom. The van der Waals surface area contributed by atoms with Crippen molar-refractivity contribution in [2.75, 3.05) is 0 Å². The van der Waals surface area contributed by atoms with Crippen LogP contribution >= 0.6 is 0 Å². The number of hydrogen-bond acceptors (Lipinski definition) is 2. The van der Waals surface area contributed by atoms with Crippen LogP contribution < -0.4 is 10.4 Å². The van der Waals surface area contributed by atoms with E-state index in [1.54, 1.807) is 0 Å². The first-order chi connectivity index (χ1) is 18.5. The van der Waals surface area contributed by atoms with Gasteiger partial charge in [-0.3, -0.25) is 0 Å². The summed E-state index contributed by atoms with van der Waals surface area (Å²) in [5.74, 6) is 1.90. The van der Waals surface area contributed by atoms with Gasteiger partial charge < -0.3 is 9.53 Å². The summed E-state index contributed by atoms with van der Waals surface area (Å²) in [4.78, 5) is 0. The second-order valence-corrected chi connectivity index (χ2v) is 17.2. The normalized spacial score (nSPS) is 21.7. The molecule has 0 heterocycles. The van der Waals surface area contributed by atoms with Crippen LogP contribution in [-0.2, 0) is 4.43 Å². The molecule has 0 spiro atoms. The monoisotopic (exact) mass is 544 g/mol. The van der Waals surface area contributed by atoms with E-state index in [2.05, 4.69) is 121 Å². The van der Waals surface area contributed by atoms with E-state index in [9.17, 15) is 5.11 Å². The van der Waals surface area contributed by atoms with Gasteiger partial charge in [0.2, 0.25) is 0 Å². The van der Waals surface area contributed by atoms with Crippen molar-refractivity contribution in [3.63, 3.8) is 0 Å². The van der Waals surface area contributed by atoms with Crippen molar-refractivity contribution in [3.8, 4) is 0 Å². The summed E-state index contributed by atoms with van der Waals surface area (Å²) in [7, 11) is -2.69. The summed E-state index contributed by atoms with van der Waals surface area (Å²) >= 11 is 0. The van der Waals surface area contributed by atoms with Crippen molar-refractivity contribution in [2.24, 2.45) is 23.7 Å². The second kappa shape index (κ2) is 13.9. The van der Waals surface area contributed by atoms with Gasteiger partial charge in [0.25, 0.3) is 8.32 Å². The lowest BCUT2D eigenvalue weighted by Gasteiger charge is -2.47. The Balaban J connectivity index is 2.08. The molecular weight excluding hydrogens is 492 g/mol. The molecular formula is C36H52O2Si. The largest absolute Gasteiger partial charge is 0.404 e. The van der Waals surface area contributed by atoms with Crippen molar-refractivity contribution in [1.29, 1.82) is 0 Å². The van der Waals surface area contributed by atoms with Crippen LogP contribution in [0.25, 0.3) is 0 Å². The topological polar surface area (TPSA) is 29.5 Å². The lowest BCUT2D eigenvalue weighted by molar-refractivity contribution is 0.0640. The number of allylic oxidation sites excluding steroid dienone is 2. The Bertz CT molecular complexity index is 1030. The molecule has 0 saturated heterocycles. The van der Waals surface area contributed by atoms with Crippen LogP contribution in [0.4, 0.5) is 0 Å². The first kappa shape index (κ1) is 31.3. The van der Waals surface area contributed by atoms with E-state index in [4.69, 9.17) is 4.43 Å². The lowest BCUT2D eigenvalue weighted by Crippen LogP contribution is -2.67. The Morgan fingerprint density at radius 2 is 1.46 bits per heavy atom. The second-order valence-electron chi connectivity index (χ2n) is 12.9. The summed E-state index contributed by atoms with van der Waals surface area (Å²) in [5, 5.41) is 13.4. The van der Waals surface area contributed by atoms with Crippen molar-refractivity contribution >= 4 is 18.7 Å². The van der Waals surface area contributed by atoms with Crippen LogP contribution in [0.2, 0.25) is 5.04 Å². The maximum absolute atomic E-state index is 10.9. The molecule has 1 aliphatic carbocycles. The van der Waals surface area contributed by atoms with Crippen LogP contribution in [0.3, 0.4) is 0 Å². The van der Waals surface area contributed by atoms with Crippen molar-refractivity contribution in [3.05, 3.63) is 97.6 Å². The van der Waals surface area contributed by atoms with Crippen LogP contribution in [0.1, 0.15) is 73.6 Å². The van der Waals surface area contributed by atoms with E-state index >= 15 is 0 Å². The van der Waals surface area contributed by atoms with Crippen molar-refractivity contribution in [2.45, 2.75) is 90.9 Å². The predicted octanol–water partition coefficient (Wildman–Crippen LogP) is 8.08. The fourth-order valence-electron chi connectivity index (χ4n) is 6.96. The molecule has 0 unspecified atom stereocenters. The van der Waals surface area contributed by atoms with Gasteiger partial charge in [-0.1, -0.05) is 119 Å². The van der Waals surface area contributed by atoms with Gasteiger partial charge in [-0.15, -0.1) is 13.2 Å². The molecule has 0 saturated carbocycles. The van der Waals surface area contributed by atoms with E-state index in [-0.39, 0.29) is 17.2 Å². The molecule has 2 aromatic carbocycles. The summed E-state index contributed by atoms with van der Waals surface area (Å²) in [6.07, 6.45) is 10.3. The van der Waals surface area contributed by atoms with Crippen LogP contribution in [0, 0.1) is 23.7 Å². The Labute approximate surface area is 240 Å². The molecule has 3 heteroatoms. The molecule has 1 N–H and O–H groups in total. The third-order valence-corrected chi connectivity index (χ3v) is 14.0. The molecule has 2 aromatic rings. The van der Waals surface area contributed by atoms with Gasteiger partial charge in [0.15, 0.2) is 0 Å². The molecule has 0 aliphatic heterocycles. The summed E-state index contributed by atoms with van der Waals surface area (Å²) in [6.45, 7) is 22.0. The van der Waals surface area contributed by atoms with Gasteiger partial charge in [-0.05, 0) is 78.1 Å². The van der Waals surface area contributed by atoms with E-state index < -0.39 is 8.32 Å². The molecule has 5 atom stereocenters. The highest BCUT2D eigenvalue weighted by Gasteiger charge is 2.51. The number of benzene rings is 2. The van der Waals surface area contributed by atoms with Gasteiger partial charge in [-0.2, -0.15) is 0 Å². The smallest absolute Gasteiger partial charge is 0.261 e.